The summed E-state index contributed by atoms with van der Waals surface area (Å²) >= 11 is 0. The smallest absolute Gasteiger partial charge is 0.410 e. The number of nitrogens with zero attached hydrogens (tertiary/aromatic N) is 1. The van der Waals surface area contributed by atoms with Crippen LogP contribution < -0.4 is 4.74 Å². The van der Waals surface area contributed by atoms with Gasteiger partial charge >= 0.3 is 6.09 Å². The zero-order chi connectivity index (χ0) is 12.4. The fourth-order valence-corrected chi connectivity index (χ4v) is 2.97. The van der Waals surface area contributed by atoms with Crippen LogP contribution in [0.4, 0.5) is 4.79 Å². The van der Waals surface area contributed by atoms with E-state index in [0.717, 1.165) is 30.2 Å². The molecule has 0 radical (unpaired) electrons. The zero-order valence-electron chi connectivity index (χ0n) is 10.6. The molecular weight excluding hydrogens is 226 g/mol. The Morgan fingerprint density at radius 3 is 2.83 bits per heavy atom. The second-order valence-electron chi connectivity index (χ2n) is 5.34. The standard InChI is InChI=1S/C15H19NO2/c17-15-16(10-9-12-5-1-2-6-12)11-13-7-3-4-8-14(13)18-15/h3-4,7-8,12H,1-2,5-6,9-11H2. The SMILES string of the molecule is O=C1Oc2ccccc2CN1CCC1CCCC1. The summed E-state index contributed by atoms with van der Waals surface area (Å²) in [4.78, 5) is 13.7. The number of benzene rings is 1. The number of ether oxygens (including phenoxy) is 1. The average molecular weight is 245 g/mol. The van der Waals surface area contributed by atoms with E-state index in [1.165, 1.54) is 25.7 Å². The predicted octanol–water partition coefficient (Wildman–Crippen LogP) is 3.58. The highest BCUT2D eigenvalue weighted by molar-refractivity contribution is 5.73. The van der Waals surface area contributed by atoms with Crippen molar-refractivity contribution in [3.8, 4) is 5.75 Å². The monoisotopic (exact) mass is 245 g/mol. The normalized spacial score (nSPS) is 19.8. The summed E-state index contributed by atoms with van der Waals surface area (Å²) in [6.07, 6.45) is 6.32. The van der Waals surface area contributed by atoms with E-state index in [1.54, 1.807) is 0 Å². The van der Waals surface area contributed by atoms with Crippen molar-refractivity contribution in [2.45, 2.75) is 38.6 Å². The van der Waals surface area contributed by atoms with Crippen molar-refractivity contribution in [1.82, 2.24) is 4.90 Å². The molecule has 0 unspecified atom stereocenters. The summed E-state index contributed by atoms with van der Waals surface area (Å²) in [7, 11) is 0. The maximum absolute atomic E-state index is 11.9. The van der Waals surface area contributed by atoms with Gasteiger partial charge in [0.15, 0.2) is 0 Å². The first kappa shape index (κ1) is 11.6. The predicted molar refractivity (Wildman–Crippen MR) is 69.5 cm³/mol. The van der Waals surface area contributed by atoms with Gasteiger partial charge < -0.3 is 9.64 Å². The molecule has 3 nitrogen and oxygen atoms in total. The number of fused-ring (bicyclic) bond motifs is 1. The average Bonchev–Trinajstić information content (AvgIpc) is 2.89. The Bertz CT molecular complexity index is 438. The molecule has 2 aliphatic rings. The Morgan fingerprint density at radius 1 is 1.22 bits per heavy atom. The quantitative estimate of drug-likeness (QED) is 0.814. The zero-order valence-corrected chi connectivity index (χ0v) is 10.6. The number of carbonyl (C=O) groups excluding carboxylic acids is 1. The summed E-state index contributed by atoms with van der Waals surface area (Å²) in [6.45, 7) is 1.53. The van der Waals surface area contributed by atoms with E-state index in [1.807, 2.05) is 29.2 Å². The highest BCUT2D eigenvalue weighted by Gasteiger charge is 2.25. The van der Waals surface area contributed by atoms with E-state index in [-0.39, 0.29) is 6.09 Å². The third-order valence-electron chi connectivity index (χ3n) is 4.07. The second kappa shape index (κ2) is 5.01. The molecule has 1 fully saturated rings. The van der Waals surface area contributed by atoms with Gasteiger partial charge in [-0.1, -0.05) is 43.9 Å². The van der Waals surface area contributed by atoms with Crippen LogP contribution in [-0.2, 0) is 6.54 Å². The van der Waals surface area contributed by atoms with Crippen molar-refractivity contribution in [2.24, 2.45) is 5.92 Å². The minimum atomic E-state index is -0.188. The first-order valence-corrected chi connectivity index (χ1v) is 6.87. The Labute approximate surface area is 108 Å². The first-order valence-electron chi connectivity index (χ1n) is 6.87. The molecule has 1 aromatic rings. The molecule has 1 aromatic carbocycles. The summed E-state index contributed by atoms with van der Waals surface area (Å²) in [5.74, 6) is 1.54. The minimum absolute atomic E-state index is 0.188. The van der Waals surface area contributed by atoms with E-state index in [4.69, 9.17) is 4.74 Å². The Kier molecular flexibility index (Phi) is 3.22. The molecule has 0 atom stereocenters. The molecule has 0 N–H and O–H groups in total. The van der Waals surface area contributed by atoms with Crippen LogP contribution in [0.2, 0.25) is 0 Å². The highest BCUT2D eigenvalue weighted by Crippen LogP contribution is 2.29. The van der Waals surface area contributed by atoms with E-state index in [2.05, 4.69) is 0 Å². The highest BCUT2D eigenvalue weighted by atomic mass is 16.6. The number of amides is 1. The topological polar surface area (TPSA) is 29.5 Å². The van der Waals surface area contributed by atoms with Crippen LogP contribution in [0.5, 0.6) is 5.75 Å². The summed E-state index contributed by atoms with van der Waals surface area (Å²) in [5.41, 5.74) is 1.11. The van der Waals surface area contributed by atoms with Crippen LogP contribution in [-0.4, -0.2) is 17.5 Å². The molecule has 0 saturated heterocycles. The van der Waals surface area contributed by atoms with Crippen LogP contribution in [0.25, 0.3) is 0 Å². The summed E-state index contributed by atoms with van der Waals surface area (Å²) in [5, 5.41) is 0. The minimum Gasteiger partial charge on any atom is -0.410 e. The van der Waals surface area contributed by atoms with Crippen LogP contribution in [0.3, 0.4) is 0 Å². The molecule has 18 heavy (non-hydrogen) atoms. The molecular formula is C15H19NO2. The fourth-order valence-electron chi connectivity index (χ4n) is 2.97. The molecule has 3 heteroatoms. The van der Waals surface area contributed by atoms with Gasteiger partial charge in [0, 0.05) is 12.1 Å². The van der Waals surface area contributed by atoms with E-state index in [9.17, 15) is 4.79 Å². The molecule has 1 heterocycles. The van der Waals surface area contributed by atoms with Crippen LogP contribution in [0.15, 0.2) is 24.3 Å². The number of hydrogen-bond donors (Lipinski definition) is 0. The van der Waals surface area contributed by atoms with Gasteiger partial charge in [0.2, 0.25) is 0 Å². The molecule has 1 amide bonds. The van der Waals surface area contributed by atoms with Crippen molar-refractivity contribution < 1.29 is 9.53 Å². The molecule has 0 bridgehead atoms. The molecule has 3 rings (SSSR count). The largest absolute Gasteiger partial charge is 0.415 e. The summed E-state index contributed by atoms with van der Waals surface area (Å²) in [6, 6.07) is 7.79. The van der Waals surface area contributed by atoms with Crippen LogP contribution in [0.1, 0.15) is 37.7 Å². The second-order valence-corrected chi connectivity index (χ2v) is 5.34. The van der Waals surface area contributed by atoms with Crippen molar-refractivity contribution in [2.75, 3.05) is 6.54 Å². The van der Waals surface area contributed by atoms with Gasteiger partial charge in [-0.25, -0.2) is 4.79 Å². The Hall–Kier alpha value is -1.51. The van der Waals surface area contributed by atoms with Gasteiger partial charge in [-0.2, -0.15) is 0 Å². The first-order chi connectivity index (χ1) is 8.83. The molecule has 1 saturated carbocycles. The number of hydrogen-bond acceptors (Lipinski definition) is 2. The van der Waals surface area contributed by atoms with E-state index >= 15 is 0 Å². The van der Waals surface area contributed by atoms with Gasteiger partial charge in [0.05, 0.1) is 6.54 Å². The molecule has 1 aliphatic heterocycles. The van der Waals surface area contributed by atoms with Gasteiger partial charge in [0.25, 0.3) is 0 Å². The maximum atomic E-state index is 11.9. The molecule has 1 aliphatic carbocycles. The van der Waals surface area contributed by atoms with E-state index in [0.29, 0.717) is 6.54 Å². The van der Waals surface area contributed by atoms with Gasteiger partial charge in [-0.3, -0.25) is 0 Å². The van der Waals surface area contributed by atoms with E-state index < -0.39 is 0 Å². The third kappa shape index (κ3) is 2.35. The lowest BCUT2D eigenvalue weighted by atomic mass is 10.0. The third-order valence-corrected chi connectivity index (χ3v) is 4.07. The van der Waals surface area contributed by atoms with Crippen LogP contribution >= 0.6 is 0 Å². The van der Waals surface area contributed by atoms with Crippen molar-refractivity contribution >= 4 is 6.09 Å². The van der Waals surface area contributed by atoms with Gasteiger partial charge in [0.1, 0.15) is 5.75 Å². The lowest BCUT2D eigenvalue weighted by Gasteiger charge is -2.28. The lowest BCUT2D eigenvalue weighted by Crippen LogP contribution is -2.38. The van der Waals surface area contributed by atoms with Crippen molar-refractivity contribution in [1.29, 1.82) is 0 Å². The molecule has 96 valence electrons. The number of carbonyl (C=O) groups is 1. The lowest BCUT2D eigenvalue weighted by molar-refractivity contribution is 0.135. The van der Waals surface area contributed by atoms with Gasteiger partial charge in [-0.15, -0.1) is 0 Å². The fraction of sp³-hybridized carbons (Fsp3) is 0.533. The molecule has 0 aromatic heterocycles. The van der Waals surface area contributed by atoms with Crippen molar-refractivity contribution in [3.63, 3.8) is 0 Å². The summed E-state index contributed by atoms with van der Waals surface area (Å²) < 4.78 is 5.35. The molecule has 0 spiro atoms. The van der Waals surface area contributed by atoms with Gasteiger partial charge in [-0.05, 0) is 18.4 Å². The Morgan fingerprint density at radius 2 is 2.00 bits per heavy atom. The number of rotatable bonds is 3. The van der Waals surface area contributed by atoms with Crippen LogP contribution in [0, 0.1) is 5.92 Å². The number of para-hydroxylation sites is 1. The Balaban J connectivity index is 1.62. The van der Waals surface area contributed by atoms with Crippen molar-refractivity contribution in [3.05, 3.63) is 29.8 Å². The maximum Gasteiger partial charge on any atom is 0.415 e.